The Bertz CT molecular complexity index is 898. The van der Waals surface area contributed by atoms with E-state index < -0.39 is 0 Å². The van der Waals surface area contributed by atoms with Gasteiger partial charge in [-0.15, -0.1) is 11.3 Å². The second-order valence-electron chi connectivity index (χ2n) is 5.14. The van der Waals surface area contributed by atoms with Gasteiger partial charge in [-0.3, -0.25) is 9.67 Å². The van der Waals surface area contributed by atoms with Crippen LogP contribution in [0.3, 0.4) is 0 Å². The Labute approximate surface area is 138 Å². The number of benzene rings is 1. The molecular formula is C18H14N4S. The first-order valence-electron chi connectivity index (χ1n) is 7.32. The molecule has 5 heteroatoms. The van der Waals surface area contributed by atoms with Crippen LogP contribution in [0.2, 0.25) is 0 Å². The largest absolute Gasteiger partial charge is 0.266 e. The molecule has 23 heavy (non-hydrogen) atoms. The van der Waals surface area contributed by atoms with Crippen LogP contribution >= 0.6 is 11.3 Å². The first-order chi connectivity index (χ1) is 11.4. The van der Waals surface area contributed by atoms with Crippen molar-refractivity contribution in [2.45, 2.75) is 6.54 Å². The second-order valence-corrected chi connectivity index (χ2v) is 6.03. The second kappa shape index (κ2) is 6.14. The van der Waals surface area contributed by atoms with Gasteiger partial charge in [-0.1, -0.05) is 24.3 Å². The van der Waals surface area contributed by atoms with Crippen molar-refractivity contribution in [1.29, 1.82) is 0 Å². The first-order valence-corrected chi connectivity index (χ1v) is 8.20. The summed E-state index contributed by atoms with van der Waals surface area (Å²) in [6.07, 6.45) is 5.62. The van der Waals surface area contributed by atoms with Crippen LogP contribution in [-0.4, -0.2) is 19.7 Å². The highest BCUT2D eigenvalue weighted by Crippen LogP contribution is 2.26. The van der Waals surface area contributed by atoms with Gasteiger partial charge in [-0.05, 0) is 24.3 Å². The first kappa shape index (κ1) is 13.8. The van der Waals surface area contributed by atoms with Gasteiger partial charge in [0.25, 0.3) is 0 Å². The minimum absolute atomic E-state index is 0.674. The fourth-order valence-electron chi connectivity index (χ4n) is 2.44. The highest BCUT2D eigenvalue weighted by atomic mass is 32.1. The normalized spacial score (nSPS) is 10.8. The average molecular weight is 318 g/mol. The van der Waals surface area contributed by atoms with E-state index in [2.05, 4.69) is 33.3 Å². The highest BCUT2D eigenvalue weighted by molar-refractivity contribution is 7.13. The van der Waals surface area contributed by atoms with E-state index in [0.717, 1.165) is 27.5 Å². The number of hydrogen-bond donors (Lipinski definition) is 0. The van der Waals surface area contributed by atoms with Crippen LogP contribution in [0, 0.1) is 0 Å². The molecule has 0 radical (unpaired) electrons. The van der Waals surface area contributed by atoms with Gasteiger partial charge in [0.05, 0.1) is 17.9 Å². The molecule has 3 heterocycles. The summed E-state index contributed by atoms with van der Waals surface area (Å²) in [5, 5.41) is 7.68. The molecule has 0 bridgehead atoms. The molecule has 0 atom stereocenters. The summed E-state index contributed by atoms with van der Waals surface area (Å²) >= 11 is 1.64. The molecule has 4 rings (SSSR count). The van der Waals surface area contributed by atoms with Crippen molar-refractivity contribution in [1.82, 2.24) is 19.7 Å². The standard InChI is InChI=1S/C18H14N4S/c1-2-8-19-16(6-1)13-22-10-7-17(21-22)14-4-3-5-15(12-14)18-20-9-11-23-18/h1-12H,13H2. The number of nitrogens with zero attached hydrogens (tertiary/aromatic N) is 4. The van der Waals surface area contributed by atoms with E-state index in [1.165, 1.54) is 0 Å². The van der Waals surface area contributed by atoms with E-state index in [4.69, 9.17) is 0 Å². The molecule has 0 aliphatic rings. The minimum atomic E-state index is 0.674. The number of pyridine rings is 1. The fraction of sp³-hybridized carbons (Fsp3) is 0.0556. The van der Waals surface area contributed by atoms with Gasteiger partial charge in [0.1, 0.15) is 5.01 Å². The van der Waals surface area contributed by atoms with Gasteiger partial charge in [0.2, 0.25) is 0 Å². The SMILES string of the molecule is c1ccc(Cn2ccc(-c3cccc(-c4nccs4)c3)n2)nc1. The molecule has 4 nitrogen and oxygen atoms in total. The lowest BCUT2D eigenvalue weighted by Gasteiger charge is -2.02. The summed E-state index contributed by atoms with van der Waals surface area (Å²) in [6.45, 7) is 0.674. The smallest absolute Gasteiger partial charge is 0.123 e. The quantitative estimate of drug-likeness (QED) is 0.568. The molecule has 3 aromatic heterocycles. The lowest BCUT2D eigenvalue weighted by Crippen LogP contribution is -2.01. The van der Waals surface area contributed by atoms with Crippen LogP contribution in [0.5, 0.6) is 0 Å². The Morgan fingerprint density at radius 2 is 1.87 bits per heavy atom. The van der Waals surface area contributed by atoms with E-state index in [1.807, 2.05) is 52.8 Å². The van der Waals surface area contributed by atoms with Crippen molar-refractivity contribution in [3.8, 4) is 21.8 Å². The van der Waals surface area contributed by atoms with Gasteiger partial charge < -0.3 is 0 Å². The van der Waals surface area contributed by atoms with Crippen LogP contribution in [0.1, 0.15) is 5.69 Å². The molecule has 1 aromatic carbocycles. The maximum Gasteiger partial charge on any atom is 0.123 e. The summed E-state index contributed by atoms with van der Waals surface area (Å²) < 4.78 is 1.91. The number of thiazole rings is 1. The van der Waals surface area contributed by atoms with Crippen LogP contribution < -0.4 is 0 Å². The fourth-order valence-corrected chi connectivity index (χ4v) is 3.07. The Morgan fingerprint density at radius 1 is 0.913 bits per heavy atom. The Kier molecular flexibility index (Phi) is 3.70. The molecule has 0 saturated heterocycles. The topological polar surface area (TPSA) is 43.6 Å². The minimum Gasteiger partial charge on any atom is -0.266 e. The van der Waals surface area contributed by atoms with Crippen molar-refractivity contribution in [2.24, 2.45) is 0 Å². The summed E-state index contributed by atoms with van der Waals surface area (Å²) in [6, 6.07) is 16.3. The molecule has 4 aromatic rings. The van der Waals surface area contributed by atoms with Crippen LogP contribution in [0.25, 0.3) is 21.8 Å². The average Bonchev–Trinajstić information content (AvgIpc) is 3.28. The van der Waals surface area contributed by atoms with Crippen molar-refractivity contribution < 1.29 is 0 Å². The van der Waals surface area contributed by atoms with Gasteiger partial charge in [-0.2, -0.15) is 5.10 Å². The van der Waals surface area contributed by atoms with E-state index >= 15 is 0 Å². The van der Waals surface area contributed by atoms with E-state index in [-0.39, 0.29) is 0 Å². The zero-order chi connectivity index (χ0) is 15.5. The van der Waals surface area contributed by atoms with Crippen molar-refractivity contribution in [3.63, 3.8) is 0 Å². The Morgan fingerprint density at radius 3 is 2.70 bits per heavy atom. The molecular weight excluding hydrogens is 304 g/mol. The third kappa shape index (κ3) is 3.05. The van der Waals surface area contributed by atoms with Gasteiger partial charge >= 0.3 is 0 Å². The zero-order valence-corrected chi connectivity index (χ0v) is 13.1. The van der Waals surface area contributed by atoms with E-state index in [0.29, 0.717) is 6.54 Å². The van der Waals surface area contributed by atoms with Crippen molar-refractivity contribution in [3.05, 3.63) is 78.2 Å². The molecule has 0 fully saturated rings. The number of hydrogen-bond acceptors (Lipinski definition) is 4. The van der Waals surface area contributed by atoms with Gasteiger partial charge in [0, 0.05) is 35.1 Å². The van der Waals surface area contributed by atoms with Crippen molar-refractivity contribution in [2.75, 3.05) is 0 Å². The highest BCUT2D eigenvalue weighted by Gasteiger charge is 2.06. The lowest BCUT2D eigenvalue weighted by atomic mass is 10.1. The summed E-state index contributed by atoms with van der Waals surface area (Å²) in [5.41, 5.74) is 4.17. The van der Waals surface area contributed by atoms with Crippen molar-refractivity contribution >= 4 is 11.3 Å². The predicted molar refractivity (Wildman–Crippen MR) is 92.1 cm³/mol. The third-order valence-corrected chi connectivity index (χ3v) is 4.35. The van der Waals surface area contributed by atoms with Crippen LogP contribution in [0.15, 0.2) is 72.5 Å². The Balaban J connectivity index is 1.61. The summed E-state index contributed by atoms with van der Waals surface area (Å²) in [5.74, 6) is 0. The van der Waals surface area contributed by atoms with Gasteiger partial charge in [0.15, 0.2) is 0 Å². The molecule has 112 valence electrons. The molecule has 0 spiro atoms. The summed E-state index contributed by atoms with van der Waals surface area (Å²) in [4.78, 5) is 8.70. The zero-order valence-electron chi connectivity index (χ0n) is 12.3. The third-order valence-electron chi connectivity index (χ3n) is 3.53. The monoisotopic (exact) mass is 318 g/mol. The van der Waals surface area contributed by atoms with Crippen LogP contribution in [0.4, 0.5) is 0 Å². The molecule has 0 amide bonds. The maximum absolute atomic E-state index is 4.66. The van der Waals surface area contributed by atoms with E-state index in [9.17, 15) is 0 Å². The Hall–Kier alpha value is -2.79. The lowest BCUT2D eigenvalue weighted by molar-refractivity contribution is 0.675. The molecule has 0 N–H and O–H groups in total. The number of aromatic nitrogens is 4. The van der Waals surface area contributed by atoms with Gasteiger partial charge in [-0.25, -0.2) is 4.98 Å². The maximum atomic E-state index is 4.66. The number of rotatable bonds is 4. The molecule has 0 unspecified atom stereocenters. The molecule has 0 saturated carbocycles. The molecule has 0 aliphatic carbocycles. The summed E-state index contributed by atoms with van der Waals surface area (Å²) in [7, 11) is 0. The van der Waals surface area contributed by atoms with E-state index in [1.54, 1.807) is 17.5 Å². The predicted octanol–water partition coefficient (Wildman–Crippen LogP) is 4.12. The van der Waals surface area contributed by atoms with Crippen LogP contribution in [-0.2, 0) is 6.54 Å². The molecule has 0 aliphatic heterocycles.